The maximum absolute atomic E-state index is 12.3. The van der Waals surface area contributed by atoms with Gasteiger partial charge in [-0.15, -0.1) is 0 Å². The molecule has 2 heterocycles. The van der Waals surface area contributed by atoms with Crippen LogP contribution in [0.15, 0.2) is 47.1 Å². The van der Waals surface area contributed by atoms with Crippen LogP contribution in [-0.2, 0) is 18.3 Å². The second-order valence-corrected chi connectivity index (χ2v) is 6.01. The van der Waals surface area contributed by atoms with Crippen molar-refractivity contribution < 1.29 is 14.0 Å². The SMILES string of the molecule is Cc1nn(C)c(C)c1CC(=O)Nc1ccc(NC(=O)c2ccco2)cc1. The number of rotatable bonds is 5. The van der Waals surface area contributed by atoms with Crippen molar-refractivity contribution in [3.63, 3.8) is 0 Å². The van der Waals surface area contributed by atoms with Crippen LogP contribution in [0.4, 0.5) is 11.4 Å². The lowest BCUT2D eigenvalue weighted by Crippen LogP contribution is -2.15. The summed E-state index contributed by atoms with van der Waals surface area (Å²) in [6.07, 6.45) is 1.71. The number of anilines is 2. The van der Waals surface area contributed by atoms with E-state index in [0.29, 0.717) is 11.4 Å². The van der Waals surface area contributed by atoms with E-state index in [0.717, 1.165) is 17.0 Å². The zero-order chi connectivity index (χ0) is 18.7. The Morgan fingerprint density at radius 1 is 1.08 bits per heavy atom. The van der Waals surface area contributed by atoms with Crippen molar-refractivity contribution in [1.82, 2.24) is 9.78 Å². The monoisotopic (exact) mass is 352 g/mol. The molecule has 0 bridgehead atoms. The second kappa shape index (κ2) is 7.26. The van der Waals surface area contributed by atoms with E-state index in [9.17, 15) is 9.59 Å². The lowest BCUT2D eigenvalue weighted by molar-refractivity contribution is -0.115. The molecule has 0 aliphatic carbocycles. The van der Waals surface area contributed by atoms with Crippen LogP contribution in [0, 0.1) is 13.8 Å². The summed E-state index contributed by atoms with van der Waals surface area (Å²) in [7, 11) is 1.86. The maximum Gasteiger partial charge on any atom is 0.291 e. The second-order valence-electron chi connectivity index (χ2n) is 6.01. The molecule has 2 aromatic heterocycles. The Hall–Kier alpha value is -3.35. The van der Waals surface area contributed by atoms with Gasteiger partial charge in [0.2, 0.25) is 5.91 Å². The van der Waals surface area contributed by atoms with Crippen LogP contribution < -0.4 is 10.6 Å². The summed E-state index contributed by atoms with van der Waals surface area (Å²) in [6, 6.07) is 10.1. The fourth-order valence-corrected chi connectivity index (χ4v) is 2.68. The molecule has 0 saturated carbocycles. The summed E-state index contributed by atoms with van der Waals surface area (Å²) in [4.78, 5) is 24.2. The highest BCUT2D eigenvalue weighted by Crippen LogP contribution is 2.17. The van der Waals surface area contributed by atoms with Gasteiger partial charge in [0.15, 0.2) is 5.76 Å². The van der Waals surface area contributed by atoms with Crippen LogP contribution in [0.5, 0.6) is 0 Å². The van der Waals surface area contributed by atoms with E-state index in [-0.39, 0.29) is 24.0 Å². The molecule has 2 N–H and O–H groups in total. The molecule has 7 heteroatoms. The van der Waals surface area contributed by atoms with Crippen molar-refractivity contribution in [3.05, 3.63) is 65.4 Å². The molecule has 0 atom stereocenters. The molecular formula is C19H20N4O3. The molecule has 134 valence electrons. The first-order chi connectivity index (χ1) is 12.4. The molecule has 0 unspecified atom stereocenters. The lowest BCUT2D eigenvalue weighted by atomic mass is 10.1. The molecule has 2 amide bonds. The van der Waals surface area contributed by atoms with Crippen molar-refractivity contribution in [2.45, 2.75) is 20.3 Å². The van der Waals surface area contributed by atoms with Gasteiger partial charge >= 0.3 is 0 Å². The largest absolute Gasteiger partial charge is 0.459 e. The van der Waals surface area contributed by atoms with E-state index in [1.54, 1.807) is 41.1 Å². The summed E-state index contributed by atoms with van der Waals surface area (Å²) in [5.41, 5.74) is 4.05. The molecule has 0 fully saturated rings. The summed E-state index contributed by atoms with van der Waals surface area (Å²) < 4.78 is 6.82. The number of aromatic nitrogens is 2. The molecule has 26 heavy (non-hydrogen) atoms. The highest BCUT2D eigenvalue weighted by Gasteiger charge is 2.14. The van der Waals surface area contributed by atoms with Gasteiger partial charge in [-0.3, -0.25) is 14.3 Å². The summed E-state index contributed by atoms with van der Waals surface area (Å²) >= 11 is 0. The van der Waals surface area contributed by atoms with Crippen LogP contribution in [0.25, 0.3) is 0 Å². The molecular weight excluding hydrogens is 332 g/mol. The highest BCUT2D eigenvalue weighted by atomic mass is 16.3. The fraction of sp³-hybridized carbons (Fsp3) is 0.211. The predicted octanol–water partition coefficient (Wildman–Crippen LogP) is 3.06. The highest BCUT2D eigenvalue weighted by molar-refractivity contribution is 6.02. The number of aryl methyl sites for hydroxylation is 2. The van der Waals surface area contributed by atoms with E-state index in [4.69, 9.17) is 4.42 Å². The van der Waals surface area contributed by atoms with Crippen LogP contribution in [0.3, 0.4) is 0 Å². The first-order valence-electron chi connectivity index (χ1n) is 8.18. The Labute approximate surface area is 151 Å². The molecule has 0 spiro atoms. The minimum atomic E-state index is -0.325. The van der Waals surface area contributed by atoms with Gasteiger partial charge in [-0.25, -0.2) is 0 Å². The first-order valence-corrected chi connectivity index (χ1v) is 8.18. The molecule has 7 nitrogen and oxygen atoms in total. The van der Waals surface area contributed by atoms with Crippen molar-refractivity contribution in [3.8, 4) is 0 Å². The van der Waals surface area contributed by atoms with Gasteiger partial charge in [0.05, 0.1) is 18.4 Å². The fourth-order valence-electron chi connectivity index (χ4n) is 2.68. The number of hydrogen-bond acceptors (Lipinski definition) is 4. The van der Waals surface area contributed by atoms with Gasteiger partial charge in [0.1, 0.15) is 0 Å². The zero-order valence-corrected chi connectivity index (χ0v) is 14.9. The molecule has 0 aliphatic heterocycles. The minimum absolute atomic E-state index is 0.114. The normalized spacial score (nSPS) is 10.6. The number of benzene rings is 1. The topological polar surface area (TPSA) is 89.2 Å². The predicted molar refractivity (Wildman–Crippen MR) is 98.1 cm³/mol. The summed E-state index contributed by atoms with van der Waals surface area (Å²) in [6.45, 7) is 3.84. The van der Waals surface area contributed by atoms with Crippen molar-refractivity contribution in [1.29, 1.82) is 0 Å². The maximum atomic E-state index is 12.3. The average molecular weight is 352 g/mol. The third-order valence-electron chi connectivity index (χ3n) is 4.17. The average Bonchev–Trinajstić information content (AvgIpc) is 3.22. The minimum Gasteiger partial charge on any atom is -0.459 e. The number of nitrogens with one attached hydrogen (secondary N) is 2. The first kappa shape index (κ1) is 17.5. The van der Waals surface area contributed by atoms with E-state index in [2.05, 4.69) is 15.7 Å². The Bertz CT molecular complexity index is 925. The summed E-state index contributed by atoms with van der Waals surface area (Å²) in [5, 5.41) is 9.90. The number of carbonyl (C=O) groups is 2. The number of furan rings is 1. The molecule has 3 rings (SSSR count). The van der Waals surface area contributed by atoms with Gasteiger partial charge in [-0.05, 0) is 50.2 Å². The van der Waals surface area contributed by atoms with Crippen LogP contribution in [0.2, 0.25) is 0 Å². The number of hydrogen-bond donors (Lipinski definition) is 2. The van der Waals surface area contributed by atoms with Gasteiger partial charge in [0.25, 0.3) is 5.91 Å². The van der Waals surface area contributed by atoms with E-state index >= 15 is 0 Å². The lowest BCUT2D eigenvalue weighted by Gasteiger charge is -2.08. The van der Waals surface area contributed by atoms with Crippen molar-refractivity contribution >= 4 is 23.2 Å². The number of amides is 2. The Morgan fingerprint density at radius 2 is 1.73 bits per heavy atom. The molecule has 0 aliphatic rings. The third kappa shape index (κ3) is 3.83. The van der Waals surface area contributed by atoms with Crippen LogP contribution in [0.1, 0.15) is 27.5 Å². The third-order valence-corrected chi connectivity index (χ3v) is 4.17. The summed E-state index contributed by atoms with van der Waals surface area (Å²) in [5.74, 6) is -0.199. The molecule has 3 aromatic rings. The molecule has 1 aromatic carbocycles. The number of nitrogens with zero attached hydrogens (tertiary/aromatic N) is 2. The van der Waals surface area contributed by atoms with Crippen molar-refractivity contribution in [2.75, 3.05) is 10.6 Å². The van der Waals surface area contributed by atoms with Crippen LogP contribution in [-0.4, -0.2) is 21.6 Å². The zero-order valence-electron chi connectivity index (χ0n) is 14.9. The van der Waals surface area contributed by atoms with Gasteiger partial charge in [-0.1, -0.05) is 0 Å². The van der Waals surface area contributed by atoms with Crippen molar-refractivity contribution in [2.24, 2.45) is 7.05 Å². The van der Waals surface area contributed by atoms with Gasteiger partial charge in [0, 0.05) is 29.7 Å². The molecule has 0 saturated heterocycles. The van der Waals surface area contributed by atoms with Gasteiger partial charge in [-0.2, -0.15) is 5.10 Å². The standard InChI is InChI=1S/C19H20N4O3/c1-12-16(13(2)23(3)22-12)11-18(24)20-14-6-8-15(9-7-14)21-19(25)17-5-4-10-26-17/h4-10H,11H2,1-3H3,(H,20,24)(H,21,25). The van der Waals surface area contributed by atoms with Gasteiger partial charge < -0.3 is 15.1 Å². The molecule has 0 radical (unpaired) electrons. The number of carbonyl (C=O) groups excluding carboxylic acids is 2. The van der Waals surface area contributed by atoms with Crippen LogP contribution >= 0.6 is 0 Å². The quantitative estimate of drug-likeness (QED) is 0.738. The van der Waals surface area contributed by atoms with E-state index < -0.39 is 0 Å². The Kier molecular flexibility index (Phi) is 4.88. The Morgan fingerprint density at radius 3 is 2.27 bits per heavy atom. The smallest absolute Gasteiger partial charge is 0.291 e. The van der Waals surface area contributed by atoms with E-state index in [1.807, 2.05) is 20.9 Å². The Balaban J connectivity index is 1.60. The van der Waals surface area contributed by atoms with E-state index in [1.165, 1.54) is 6.26 Å².